The van der Waals surface area contributed by atoms with E-state index in [0.29, 0.717) is 0 Å². The maximum Gasteiger partial charge on any atom is 0.124 e. The first-order chi connectivity index (χ1) is 9.63. The van der Waals surface area contributed by atoms with Gasteiger partial charge in [0.1, 0.15) is 5.75 Å². The van der Waals surface area contributed by atoms with Gasteiger partial charge in [0, 0.05) is 12.7 Å². The molecule has 114 valence electrons. The van der Waals surface area contributed by atoms with Gasteiger partial charge < -0.3 is 14.8 Å². The zero-order chi connectivity index (χ0) is 15.0. The molecule has 2 unspecified atom stereocenters. The highest BCUT2D eigenvalue weighted by atomic mass is 16.5. The first-order valence-electron chi connectivity index (χ1n) is 7.65. The van der Waals surface area contributed by atoms with Crippen molar-refractivity contribution in [1.82, 2.24) is 5.32 Å². The molecule has 0 saturated carbocycles. The van der Waals surface area contributed by atoms with Crippen molar-refractivity contribution in [3.63, 3.8) is 0 Å². The Kier molecular flexibility index (Phi) is 7.63. The van der Waals surface area contributed by atoms with Crippen LogP contribution in [-0.2, 0) is 4.74 Å². The summed E-state index contributed by atoms with van der Waals surface area (Å²) in [5.41, 5.74) is 1.18. The summed E-state index contributed by atoms with van der Waals surface area (Å²) in [6.45, 7) is 9.41. The van der Waals surface area contributed by atoms with Crippen LogP contribution in [0, 0.1) is 0 Å². The molecule has 0 amide bonds. The third-order valence-electron chi connectivity index (χ3n) is 3.31. The Balaban J connectivity index is 3.05. The fraction of sp³-hybridized carbons (Fsp3) is 0.647. The first kappa shape index (κ1) is 17.0. The standard InChI is InChI=1S/C17H29NO2/c1-6-12-18-17(15(7-2)19-5)14-10-8-9-11-16(14)20-13(3)4/h8-11,13,15,17-18H,6-7,12H2,1-5H3. The minimum atomic E-state index is 0.151. The molecule has 2 atom stereocenters. The minimum Gasteiger partial charge on any atom is -0.491 e. The van der Waals surface area contributed by atoms with E-state index in [9.17, 15) is 0 Å². The van der Waals surface area contributed by atoms with Crippen LogP contribution in [0.4, 0.5) is 0 Å². The highest BCUT2D eigenvalue weighted by Gasteiger charge is 2.24. The Morgan fingerprint density at radius 1 is 1.15 bits per heavy atom. The molecule has 1 N–H and O–H groups in total. The zero-order valence-electron chi connectivity index (χ0n) is 13.5. The van der Waals surface area contributed by atoms with E-state index in [1.807, 2.05) is 12.1 Å². The maximum atomic E-state index is 5.95. The van der Waals surface area contributed by atoms with Crippen molar-refractivity contribution in [2.45, 2.75) is 58.8 Å². The second-order valence-electron chi connectivity index (χ2n) is 5.32. The highest BCUT2D eigenvalue weighted by Crippen LogP contribution is 2.30. The van der Waals surface area contributed by atoms with E-state index in [1.165, 1.54) is 5.56 Å². The smallest absolute Gasteiger partial charge is 0.124 e. The largest absolute Gasteiger partial charge is 0.491 e. The lowest BCUT2D eigenvalue weighted by molar-refractivity contribution is 0.0636. The maximum absolute atomic E-state index is 5.95. The zero-order valence-corrected chi connectivity index (χ0v) is 13.5. The van der Waals surface area contributed by atoms with Crippen molar-refractivity contribution in [3.05, 3.63) is 29.8 Å². The van der Waals surface area contributed by atoms with Crippen LogP contribution in [-0.4, -0.2) is 25.9 Å². The molecule has 0 bridgehead atoms. The van der Waals surface area contributed by atoms with Gasteiger partial charge in [0.25, 0.3) is 0 Å². The fourth-order valence-electron chi connectivity index (χ4n) is 2.38. The third kappa shape index (κ3) is 4.80. The molecule has 0 aliphatic heterocycles. The topological polar surface area (TPSA) is 30.5 Å². The molecular formula is C17H29NO2. The average molecular weight is 279 g/mol. The second kappa shape index (κ2) is 8.98. The molecule has 0 heterocycles. The lowest BCUT2D eigenvalue weighted by Gasteiger charge is -2.28. The molecule has 0 radical (unpaired) electrons. The lowest BCUT2D eigenvalue weighted by atomic mass is 9.98. The van der Waals surface area contributed by atoms with Crippen LogP contribution >= 0.6 is 0 Å². The van der Waals surface area contributed by atoms with Crippen molar-refractivity contribution < 1.29 is 9.47 Å². The molecule has 20 heavy (non-hydrogen) atoms. The van der Waals surface area contributed by atoms with E-state index >= 15 is 0 Å². The van der Waals surface area contributed by atoms with Gasteiger partial charge in [-0.25, -0.2) is 0 Å². The number of methoxy groups -OCH3 is 1. The molecule has 1 rings (SSSR count). The van der Waals surface area contributed by atoms with Gasteiger partial charge in [-0.1, -0.05) is 32.0 Å². The molecule has 3 heteroatoms. The minimum absolute atomic E-state index is 0.151. The Morgan fingerprint density at radius 2 is 1.85 bits per heavy atom. The van der Waals surface area contributed by atoms with E-state index in [4.69, 9.17) is 9.47 Å². The SMILES string of the molecule is CCCNC(c1ccccc1OC(C)C)C(CC)OC. The monoisotopic (exact) mass is 279 g/mol. The number of benzene rings is 1. The molecule has 0 spiro atoms. The lowest BCUT2D eigenvalue weighted by Crippen LogP contribution is -2.34. The van der Waals surface area contributed by atoms with E-state index in [-0.39, 0.29) is 18.2 Å². The quantitative estimate of drug-likeness (QED) is 0.742. The Morgan fingerprint density at radius 3 is 2.40 bits per heavy atom. The number of ether oxygens (including phenoxy) is 2. The predicted molar refractivity (Wildman–Crippen MR) is 84.3 cm³/mol. The summed E-state index contributed by atoms with van der Waals surface area (Å²) < 4.78 is 11.6. The van der Waals surface area contributed by atoms with Crippen LogP contribution in [0.2, 0.25) is 0 Å². The van der Waals surface area contributed by atoms with Crippen LogP contribution in [0.3, 0.4) is 0 Å². The fourth-order valence-corrected chi connectivity index (χ4v) is 2.38. The van der Waals surface area contributed by atoms with Crippen molar-refractivity contribution in [1.29, 1.82) is 0 Å². The van der Waals surface area contributed by atoms with E-state index in [0.717, 1.165) is 25.1 Å². The molecule has 0 aliphatic carbocycles. The number of hydrogen-bond donors (Lipinski definition) is 1. The number of nitrogens with one attached hydrogen (secondary N) is 1. The third-order valence-corrected chi connectivity index (χ3v) is 3.31. The summed E-state index contributed by atoms with van der Waals surface area (Å²) in [6, 6.07) is 8.42. The van der Waals surface area contributed by atoms with Crippen LogP contribution in [0.1, 0.15) is 52.1 Å². The molecule has 3 nitrogen and oxygen atoms in total. The first-order valence-corrected chi connectivity index (χ1v) is 7.65. The summed E-state index contributed by atoms with van der Waals surface area (Å²) >= 11 is 0. The Hall–Kier alpha value is -1.06. The molecular weight excluding hydrogens is 250 g/mol. The molecule has 0 aliphatic rings. The van der Waals surface area contributed by atoms with Gasteiger partial charge >= 0.3 is 0 Å². The molecule has 0 fully saturated rings. The molecule has 0 saturated heterocycles. The van der Waals surface area contributed by atoms with Crippen LogP contribution in [0.5, 0.6) is 5.75 Å². The van der Waals surface area contributed by atoms with E-state index in [2.05, 4.69) is 45.1 Å². The number of rotatable bonds is 9. The van der Waals surface area contributed by atoms with Gasteiger partial charge in [-0.05, 0) is 39.3 Å². The summed E-state index contributed by atoms with van der Waals surface area (Å²) in [5, 5.41) is 3.60. The van der Waals surface area contributed by atoms with Gasteiger partial charge in [-0.3, -0.25) is 0 Å². The van der Waals surface area contributed by atoms with Crippen molar-refractivity contribution in [3.8, 4) is 5.75 Å². The summed E-state index contributed by atoms with van der Waals surface area (Å²) in [7, 11) is 1.78. The predicted octanol–water partition coefficient (Wildman–Crippen LogP) is 3.94. The van der Waals surface area contributed by atoms with E-state index < -0.39 is 0 Å². The molecule has 1 aromatic carbocycles. The average Bonchev–Trinajstić information content (AvgIpc) is 2.44. The summed E-state index contributed by atoms with van der Waals surface area (Å²) in [6.07, 6.45) is 2.39. The van der Waals surface area contributed by atoms with Gasteiger partial charge in [0.05, 0.1) is 18.2 Å². The number of hydrogen-bond acceptors (Lipinski definition) is 3. The summed E-state index contributed by atoms with van der Waals surface area (Å²) in [4.78, 5) is 0. The molecule has 0 aromatic heterocycles. The second-order valence-corrected chi connectivity index (χ2v) is 5.32. The van der Waals surface area contributed by atoms with Crippen molar-refractivity contribution in [2.75, 3.05) is 13.7 Å². The van der Waals surface area contributed by atoms with Gasteiger partial charge in [0.15, 0.2) is 0 Å². The highest BCUT2D eigenvalue weighted by molar-refractivity contribution is 5.36. The van der Waals surface area contributed by atoms with Gasteiger partial charge in [-0.2, -0.15) is 0 Å². The van der Waals surface area contributed by atoms with Crippen molar-refractivity contribution >= 4 is 0 Å². The van der Waals surface area contributed by atoms with Crippen LogP contribution < -0.4 is 10.1 Å². The Labute approximate surface area is 123 Å². The molecule has 1 aromatic rings. The van der Waals surface area contributed by atoms with Crippen LogP contribution in [0.25, 0.3) is 0 Å². The Bertz CT molecular complexity index is 375. The normalized spacial score (nSPS) is 14.3. The van der Waals surface area contributed by atoms with Crippen LogP contribution in [0.15, 0.2) is 24.3 Å². The van der Waals surface area contributed by atoms with Gasteiger partial charge in [0.2, 0.25) is 0 Å². The summed E-state index contributed by atoms with van der Waals surface area (Å²) in [5.74, 6) is 0.951. The van der Waals surface area contributed by atoms with Gasteiger partial charge in [-0.15, -0.1) is 0 Å². The number of para-hydroxylation sites is 1. The van der Waals surface area contributed by atoms with E-state index in [1.54, 1.807) is 7.11 Å². The van der Waals surface area contributed by atoms with Crippen molar-refractivity contribution in [2.24, 2.45) is 0 Å².